The quantitative estimate of drug-likeness (QED) is 0.566. The molecule has 4 amide bonds. The van der Waals surface area contributed by atoms with Crippen LogP contribution in [0.2, 0.25) is 0 Å². The molecular weight excluding hydrogens is 438 g/mol. The maximum Gasteiger partial charge on any atom is 0.325 e. The monoisotopic (exact) mass is 465 g/mol. The molecule has 2 N–H and O–H groups in total. The molecule has 1 saturated carbocycles. The summed E-state index contributed by atoms with van der Waals surface area (Å²) in [4.78, 5) is 45.1. The number of nitrogens with zero attached hydrogens (tertiary/aromatic N) is 3. The number of carbonyl (C=O) groups excluding carboxylic acids is 3. The summed E-state index contributed by atoms with van der Waals surface area (Å²) in [5.41, 5.74) is 1.44. The molecule has 2 fully saturated rings. The zero-order valence-electron chi connectivity index (χ0n) is 18.9. The Morgan fingerprint density at radius 2 is 2.00 bits per heavy atom. The number of imide groups is 1. The molecule has 2 aromatic heterocycles. The van der Waals surface area contributed by atoms with Crippen molar-refractivity contribution in [3.63, 3.8) is 0 Å². The van der Waals surface area contributed by atoms with E-state index < -0.39 is 17.5 Å². The number of rotatable bonds is 4. The minimum Gasteiger partial charge on any atom is -0.325 e. The van der Waals surface area contributed by atoms with Crippen LogP contribution >= 0.6 is 11.3 Å². The van der Waals surface area contributed by atoms with Gasteiger partial charge in [-0.3, -0.25) is 18.9 Å². The maximum atomic E-state index is 13.2. The van der Waals surface area contributed by atoms with Gasteiger partial charge < -0.3 is 10.6 Å². The molecule has 0 unspecified atom stereocenters. The number of benzene rings is 1. The molecule has 3 aromatic rings. The van der Waals surface area contributed by atoms with Gasteiger partial charge in [-0.25, -0.2) is 9.78 Å². The Kier molecular flexibility index (Phi) is 5.04. The second-order valence-electron chi connectivity index (χ2n) is 10.1. The SMILES string of the molecule is C[C@H]1CC(C)(C)C[C@]2(C1)NC(=O)N(CC(=O)Nc1ccc(-c3cn4ccsc4n3)cc1)C2=O. The molecule has 1 saturated heterocycles. The number of imidazole rings is 1. The van der Waals surface area contributed by atoms with Crippen LogP contribution in [-0.2, 0) is 9.59 Å². The van der Waals surface area contributed by atoms with Crippen LogP contribution in [0.15, 0.2) is 42.0 Å². The van der Waals surface area contributed by atoms with E-state index in [4.69, 9.17) is 0 Å². The van der Waals surface area contributed by atoms with Crippen LogP contribution in [0.1, 0.15) is 40.0 Å². The summed E-state index contributed by atoms with van der Waals surface area (Å²) in [6.07, 6.45) is 6.11. The lowest BCUT2D eigenvalue weighted by molar-refractivity contribution is -0.136. The van der Waals surface area contributed by atoms with Gasteiger partial charge in [-0.2, -0.15) is 0 Å². The summed E-state index contributed by atoms with van der Waals surface area (Å²) in [6, 6.07) is 6.86. The zero-order chi connectivity index (χ0) is 23.4. The highest BCUT2D eigenvalue weighted by Gasteiger charge is 2.56. The summed E-state index contributed by atoms with van der Waals surface area (Å²) >= 11 is 1.57. The molecule has 0 radical (unpaired) electrons. The highest BCUT2D eigenvalue weighted by molar-refractivity contribution is 7.15. The van der Waals surface area contributed by atoms with E-state index in [-0.39, 0.29) is 17.9 Å². The summed E-state index contributed by atoms with van der Waals surface area (Å²) in [5.74, 6) is -0.386. The number of nitrogens with one attached hydrogen (secondary N) is 2. The van der Waals surface area contributed by atoms with Crippen molar-refractivity contribution in [3.8, 4) is 11.3 Å². The molecule has 33 heavy (non-hydrogen) atoms. The van der Waals surface area contributed by atoms with Gasteiger partial charge in [0.05, 0.1) is 5.69 Å². The van der Waals surface area contributed by atoms with E-state index in [1.54, 1.807) is 23.5 Å². The number of hydrogen-bond donors (Lipinski definition) is 2. The van der Waals surface area contributed by atoms with Crippen molar-refractivity contribution in [2.75, 3.05) is 11.9 Å². The number of thiazole rings is 1. The summed E-state index contributed by atoms with van der Waals surface area (Å²) in [5, 5.41) is 7.68. The normalized spacial score (nSPS) is 24.5. The predicted molar refractivity (Wildman–Crippen MR) is 127 cm³/mol. The molecule has 1 aromatic carbocycles. The predicted octanol–water partition coefficient (Wildman–Crippen LogP) is 4.14. The van der Waals surface area contributed by atoms with Crippen molar-refractivity contribution in [1.82, 2.24) is 19.6 Å². The van der Waals surface area contributed by atoms with E-state index in [2.05, 4.69) is 36.4 Å². The van der Waals surface area contributed by atoms with Crippen LogP contribution in [0.5, 0.6) is 0 Å². The topological polar surface area (TPSA) is 95.8 Å². The Balaban J connectivity index is 1.25. The zero-order valence-corrected chi connectivity index (χ0v) is 19.7. The van der Waals surface area contributed by atoms with Crippen LogP contribution in [0.4, 0.5) is 10.5 Å². The third kappa shape index (κ3) is 4.01. The molecule has 8 nitrogen and oxygen atoms in total. The van der Waals surface area contributed by atoms with Gasteiger partial charge in [0.2, 0.25) is 5.91 Å². The molecule has 0 bridgehead atoms. The van der Waals surface area contributed by atoms with Gasteiger partial charge in [0.15, 0.2) is 4.96 Å². The van der Waals surface area contributed by atoms with E-state index >= 15 is 0 Å². The number of fused-ring (bicyclic) bond motifs is 1. The fourth-order valence-corrected chi connectivity index (χ4v) is 6.28. The Labute approximate surface area is 196 Å². The number of carbonyl (C=O) groups is 3. The van der Waals surface area contributed by atoms with Crippen LogP contribution in [0.3, 0.4) is 0 Å². The Morgan fingerprint density at radius 1 is 1.24 bits per heavy atom. The molecule has 2 aliphatic rings. The lowest BCUT2D eigenvalue weighted by Crippen LogP contribution is -2.54. The number of anilines is 1. The second kappa shape index (κ2) is 7.69. The largest absolute Gasteiger partial charge is 0.325 e. The first kappa shape index (κ1) is 21.6. The first-order valence-corrected chi connectivity index (χ1v) is 12.0. The summed E-state index contributed by atoms with van der Waals surface area (Å²) in [7, 11) is 0. The van der Waals surface area contributed by atoms with E-state index in [0.717, 1.165) is 27.5 Å². The molecule has 1 aliphatic carbocycles. The maximum absolute atomic E-state index is 13.2. The summed E-state index contributed by atoms with van der Waals surface area (Å²) < 4.78 is 1.97. The first-order chi connectivity index (χ1) is 15.6. The van der Waals surface area contributed by atoms with Gasteiger partial charge in [-0.15, -0.1) is 11.3 Å². The second-order valence-corrected chi connectivity index (χ2v) is 11.0. The van der Waals surface area contributed by atoms with Crippen LogP contribution in [0, 0.1) is 11.3 Å². The van der Waals surface area contributed by atoms with Crippen molar-refractivity contribution in [2.45, 2.75) is 45.6 Å². The number of amides is 4. The van der Waals surface area contributed by atoms with E-state index in [1.165, 1.54) is 0 Å². The Hall–Kier alpha value is -3.20. The first-order valence-electron chi connectivity index (χ1n) is 11.1. The molecule has 9 heteroatoms. The highest BCUT2D eigenvalue weighted by Crippen LogP contribution is 2.46. The van der Waals surface area contributed by atoms with Crippen molar-refractivity contribution in [3.05, 3.63) is 42.0 Å². The number of hydrogen-bond acceptors (Lipinski definition) is 5. The molecule has 3 heterocycles. The fraction of sp³-hybridized carbons (Fsp3) is 0.417. The molecule has 1 spiro atoms. The van der Waals surface area contributed by atoms with E-state index in [0.29, 0.717) is 24.4 Å². The van der Waals surface area contributed by atoms with Crippen molar-refractivity contribution in [2.24, 2.45) is 11.3 Å². The smallest absolute Gasteiger partial charge is 0.325 e. The van der Waals surface area contributed by atoms with E-state index in [9.17, 15) is 14.4 Å². The third-order valence-electron chi connectivity index (χ3n) is 6.48. The average Bonchev–Trinajstić information content (AvgIpc) is 3.37. The Bertz CT molecular complexity index is 1220. The minimum absolute atomic E-state index is 0.0508. The summed E-state index contributed by atoms with van der Waals surface area (Å²) in [6.45, 7) is 6.04. The third-order valence-corrected chi connectivity index (χ3v) is 7.25. The fourth-order valence-electron chi connectivity index (χ4n) is 5.58. The lowest BCUT2D eigenvalue weighted by atomic mass is 9.64. The lowest BCUT2D eigenvalue weighted by Gasteiger charge is -2.43. The average molecular weight is 466 g/mol. The van der Waals surface area contributed by atoms with Gasteiger partial charge in [0.25, 0.3) is 5.91 Å². The van der Waals surface area contributed by atoms with Crippen molar-refractivity contribution < 1.29 is 14.4 Å². The van der Waals surface area contributed by atoms with Crippen molar-refractivity contribution >= 4 is 39.8 Å². The van der Waals surface area contributed by atoms with Crippen LogP contribution < -0.4 is 10.6 Å². The van der Waals surface area contributed by atoms with Crippen LogP contribution in [-0.4, -0.2) is 44.2 Å². The molecule has 5 rings (SSSR count). The van der Waals surface area contributed by atoms with Crippen LogP contribution in [0.25, 0.3) is 16.2 Å². The van der Waals surface area contributed by atoms with Gasteiger partial charge in [0.1, 0.15) is 12.1 Å². The molecule has 1 aliphatic heterocycles. The Morgan fingerprint density at radius 3 is 2.70 bits per heavy atom. The molecule has 2 atom stereocenters. The van der Waals surface area contributed by atoms with Gasteiger partial charge in [0, 0.05) is 29.0 Å². The highest BCUT2D eigenvalue weighted by atomic mass is 32.1. The van der Waals surface area contributed by atoms with Gasteiger partial charge in [-0.1, -0.05) is 32.9 Å². The number of urea groups is 1. The van der Waals surface area contributed by atoms with E-state index in [1.807, 2.05) is 34.3 Å². The molecule has 172 valence electrons. The molecular formula is C24H27N5O3S. The van der Waals surface area contributed by atoms with Gasteiger partial charge >= 0.3 is 6.03 Å². The van der Waals surface area contributed by atoms with Gasteiger partial charge in [-0.05, 0) is 42.7 Å². The minimum atomic E-state index is -0.904. The number of aromatic nitrogens is 2. The standard InChI is InChI=1S/C24H27N5O3S/c1-15-10-23(2,3)14-24(11-15)20(31)29(21(32)27-24)13-19(30)25-17-6-4-16(5-7-17)18-12-28-8-9-33-22(28)26-18/h4-9,12,15H,10-11,13-14H2,1-3H3,(H,25,30)(H,27,32)/t15-,24-/m0/s1. The van der Waals surface area contributed by atoms with Crippen molar-refractivity contribution in [1.29, 1.82) is 0 Å².